The van der Waals surface area contributed by atoms with Crippen LogP contribution in [0.1, 0.15) is 87.1 Å². The molecule has 1 atom stereocenters. The van der Waals surface area contributed by atoms with Crippen molar-refractivity contribution in [2.75, 3.05) is 25.0 Å². The number of likely N-dealkylation sites (tertiary alicyclic amines) is 1. The summed E-state index contributed by atoms with van der Waals surface area (Å²) in [5.74, 6) is 0.621. The van der Waals surface area contributed by atoms with Gasteiger partial charge >= 0.3 is 0 Å². The van der Waals surface area contributed by atoms with Crippen LogP contribution in [-0.4, -0.2) is 58.7 Å². The summed E-state index contributed by atoms with van der Waals surface area (Å²) in [7, 11) is 0. The summed E-state index contributed by atoms with van der Waals surface area (Å²) in [6.07, 6.45) is 10.2. The van der Waals surface area contributed by atoms with Gasteiger partial charge in [-0.05, 0) is 61.4 Å². The van der Waals surface area contributed by atoms with Crippen LogP contribution in [0.2, 0.25) is 0 Å². The molecule has 3 amide bonds. The van der Waals surface area contributed by atoms with Crippen LogP contribution >= 0.6 is 24.8 Å². The van der Waals surface area contributed by atoms with Crippen LogP contribution in [0.5, 0.6) is 0 Å². The molecule has 1 saturated carbocycles. The van der Waals surface area contributed by atoms with Gasteiger partial charge < -0.3 is 15.5 Å². The molecule has 2 aliphatic heterocycles. The first kappa shape index (κ1) is 33.9. The quantitative estimate of drug-likeness (QED) is 0.351. The third-order valence-electron chi connectivity index (χ3n) is 9.18. The van der Waals surface area contributed by atoms with Gasteiger partial charge in [-0.3, -0.25) is 19.3 Å². The maximum absolute atomic E-state index is 13.8. The van der Waals surface area contributed by atoms with Crippen molar-refractivity contribution in [2.24, 2.45) is 5.92 Å². The number of piperazine rings is 1. The number of halogens is 2. The van der Waals surface area contributed by atoms with Gasteiger partial charge in [0, 0.05) is 37.4 Å². The maximum Gasteiger partial charge on any atom is 0.255 e. The average molecular weight is 618 g/mol. The lowest BCUT2D eigenvalue weighted by Gasteiger charge is -2.52. The number of carbonyl (C=O) groups is 3. The van der Waals surface area contributed by atoms with Crippen molar-refractivity contribution in [3.63, 3.8) is 0 Å². The zero-order chi connectivity index (χ0) is 28.0. The number of hydrogen-bond donors (Lipinski definition) is 2. The second kappa shape index (κ2) is 15.7. The highest BCUT2D eigenvalue weighted by atomic mass is 35.5. The largest absolute Gasteiger partial charge is 0.342 e. The number of benzene rings is 2. The van der Waals surface area contributed by atoms with Crippen molar-refractivity contribution in [2.45, 2.75) is 89.3 Å². The summed E-state index contributed by atoms with van der Waals surface area (Å²) >= 11 is 0. The number of nitrogens with zero attached hydrogens (tertiary/aromatic N) is 2. The third-order valence-corrected chi connectivity index (χ3v) is 9.18. The average Bonchev–Trinajstić information content (AvgIpc) is 2.99. The van der Waals surface area contributed by atoms with Crippen molar-refractivity contribution in [1.82, 2.24) is 15.1 Å². The second-order valence-corrected chi connectivity index (χ2v) is 11.9. The van der Waals surface area contributed by atoms with E-state index in [0.29, 0.717) is 30.9 Å². The van der Waals surface area contributed by atoms with E-state index in [0.717, 1.165) is 50.1 Å². The summed E-state index contributed by atoms with van der Waals surface area (Å²) < 4.78 is 0. The minimum atomic E-state index is -0.725. The van der Waals surface area contributed by atoms with Gasteiger partial charge in [-0.25, -0.2) is 0 Å². The standard InChI is InChI=1S/C33H44N4O3.2ClH/c1-2-3-20-37-31(39)29(23-25-10-6-4-7-11-25)35-32(40)33(37)18-21-36(22-19-33)24-26-14-16-28(17-15-26)34-30(38)27-12-8-5-9-13-27;;/h5,8-9,12-17,25,29H,2-4,6-7,10-11,18-24H2,1H3,(H,34,38)(H,35,40);2*1H. The van der Waals surface area contributed by atoms with Crippen molar-refractivity contribution in [3.05, 3.63) is 65.7 Å². The summed E-state index contributed by atoms with van der Waals surface area (Å²) in [4.78, 5) is 44.2. The lowest BCUT2D eigenvalue weighted by atomic mass is 9.79. The number of rotatable bonds is 9. The first-order valence-corrected chi connectivity index (χ1v) is 15.3. The summed E-state index contributed by atoms with van der Waals surface area (Å²) in [5, 5.41) is 6.15. The predicted molar refractivity (Wildman–Crippen MR) is 172 cm³/mol. The predicted octanol–water partition coefficient (Wildman–Crippen LogP) is 6.21. The van der Waals surface area contributed by atoms with Gasteiger partial charge in [-0.15, -0.1) is 24.8 Å². The molecule has 3 fully saturated rings. The molecule has 3 aliphatic rings. The molecule has 0 radical (unpaired) electrons. The number of carbonyl (C=O) groups excluding carboxylic acids is 3. The smallest absolute Gasteiger partial charge is 0.255 e. The zero-order valence-corrected chi connectivity index (χ0v) is 26.3. The summed E-state index contributed by atoms with van der Waals surface area (Å²) in [6, 6.07) is 16.8. The minimum Gasteiger partial charge on any atom is -0.342 e. The topological polar surface area (TPSA) is 81.8 Å². The Morgan fingerprint density at radius 2 is 1.62 bits per heavy atom. The van der Waals surface area contributed by atoms with Crippen LogP contribution in [0, 0.1) is 5.92 Å². The van der Waals surface area contributed by atoms with Gasteiger partial charge in [0.25, 0.3) is 5.91 Å². The van der Waals surface area contributed by atoms with Crippen LogP contribution in [0.25, 0.3) is 0 Å². The fourth-order valence-corrected chi connectivity index (χ4v) is 6.75. The summed E-state index contributed by atoms with van der Waals surface area (Å²) in [5.41, 5.74) is 1.83. The molecule has 230 valence electrons. The Bertz CT molecular complexity index is 1160. The minimum absolute atomic E-state index is 0. The molecule has 2 saturated heterocycles. The van der Waals surface area contributed by atoms with Crippen LogP contribution in [0.15, 0.2) is 54.6 Å². The lowest BCUT2D eigenvalue weighted by molar-refractivity contribution is -0.162. The molecular formula is C33H46Cl2N4O3. The molecule has 9 heteroatoms. The molecular weight excluding hydrogens is 571 g/mol. The number of unbranched alkanes of at least 4 members (excludes halogenated alkanes) is 1. The molecule has 1 spiro atoms. The first-order chi connectivity index (χ1) is 19.5. The molecule has 5 rings (SSSR count). The molecule has 2 aromatic carbocycles. The van der Waals surface area contributed by atoms with Crippen LogP contribution in [-0.2, 0) is 16.1 Å². The van der Waals surface area contributed by atoms with Gasteiger partial charge in [0.1, 0.15) is 11.6 Å². The van der Waals surface area contributed by atoms with Crippen molar-refractivity contribution < 1.29 is 14.4 Å². The fraction of sp³-hybridized carbons (Fsp3) is 0.545. The summed E-state index contributed by atoms with van der Waals surface area (Å²) in [6.45, 7) is 5.12. The van der Waals surface area contributed by atoms with Crippen LogP contribution in [0.3, 0.4) is 0 Å². The normalized spacial score (nSPS) is 20.8. The Kier molecular flexibility index (Phi) is 12.7. The number of piperidine rings is 1. The van der Waals surface area contributed by atoms with Gasteiger partial charge in [0.15, 0.2) is 0 Å². The van der Waals surface area contributed by atoms with Crippen molar-refractivity contribution in [1.29, 1.82) is 0 Å². The number of anilines is 1. The Balaban J connectivity index is 0.00000242. The zero-order valence-electron chi connectivity index (χ0n) is 24.7. The van der Waals surface area contributed by atoms with Crippen molar-refractivity contribution in [3.8, 4) is 0 Å². The number of hydrogen-bond acceptors (Lipinski definition) is 4. The molecule has 2 aromatic rings. The molecule has 1 aliphatic carbocycles. The van der Waals surface area contributed by atoms with Gasteiger partial charge in [0.2, 0.25) is 11.8 Å². The molecule has 42 heavy (non-hydrogen) atoms. The van der Waals surface area contributed by atoms with E-state index in [2.05, 4.69) is 22.5 Å². The lowest BCUT2D eigenvalue weighted by Crippen LogP contribution is -2.73. The number of amides is 3. The molecule has 0 aromatic heterocycles. The highest BCUT2D eigenvalue weighted by Crippen LogP contribution is 2.36. The second-order valence-electron chi connectivity index (χ2n) is 11.9. The molecule has 0 bridgehead atoms. The number of nitrogens with one attached hydrogen (secondary N) is 2. The Morgan fingerprint density at radius 3 is 2.26 bits per heavy atom. The van der Waals surface area contributed by atoms with E-state index in [9.17, 15) is 14.4 Å². The first-order valence-electron chi connectivity index (χ1n) is 15.3. The molecule has 1 unspecified atom stereocenters. The van der Waals surface area contributed by atoms with E-state index in [4.69, 9.17) is 0 Å². The highest BCUT2D eigenvalue weighted by molar-refractivity contribution is 6.04. The SMILES string of the molecule is CCCCN1C(=O)C(CC2CCCCC2)NC(=O)C12CCN(Cc1ccc(NC(=O)c3ccccc3)cc1)CC2.Cl.Cl. The van der Waals surface area contributed by atoms with E-state index in [1.165, 1.54) is 32.1 Å². The fourth-order valence-electron chi connectivity index (χ4n) is 6.75. The maximum atomic E-state index is 13.8. The van der Waals surface area contributed by atoms with Gasteiger partial charge in [0.05, 0.1) is 0 Å². The van der Waals surface area contributed by atoms with Crippen LogP contribution < -0.4 is 10.6 Å². The van der Waals surface area contributed by atoms with E-state index in [-0.39, 0.29) is 48.6 Å². The van der Waals surface area contributed by atoms with Gasteiger partial charge in [-0.1, -0.05) is 75.8 Å². The highest BCUT2D eigenvalue weighted by Gasteiger charge is 2.53. The Labute approximate surface area is 263 Å². The van der Waals surface area contributed by atoms with E-state index >= 15 is 0 Å². The van der Waals surface area contributed by atoms with E-state index in [1.54, 1.807) is 12.1 Å². The third kappa shape index (κ3) is 7.86. The van der Waals surface area contributed by atoms with Gasteiger partial charge in [-0.2, -0.15) is 0 Å². The molecule has 7 nitrogen and oxygen atoms in total. The monoisotopic (exact) mass is 616 g/mol. The van der Waals surface area contributed by atoms with E-state index in [1.807, 2.05) is 47.4 Å². The van der Waals surface area contributed by atoms with E-state index < -0.39 is 5.54 Å². The van der Waals surface area contributed by atoms with Crippen LogP contribution in [0.4, 0.5) is 5.69 Å². The Morgan fingerprint density at radius 1 is 0.952 bits per heavy atom. The molecule has 2 heterocycles. The molecule has 2 N–H and O–H groups in total. The van der Waals surface area contributed by atoms with Crippen molar-refractivity contribution >= 4 is 48.2 Å². The Hall–Kier alpha value is -2.61.